The van der Waals surface area contributed by atoms with Gasteiger partial charge in [0, 0.05) is 25.9 Å². The fraction of sp³-hybridized carbons (Fsp3) is 0.571. The summed E-state index contributed by atoms with van der Waals surface area (Å²) in [7, 11) is 0. The minimum absolute atomic E-state index is 0.0170. The molecule has 1 atom stereocenters. The normalized spacial score (nSPS) is 20.1. The second kappa shape index (κ2) is 6.61. The molecule has 0 aromatic carbocycles. The lowest BCUT2D eigenvalue weighted by Crippen LogP contribution is -2.37. The van der Waals surface area contributed by atoms with Gasteiger partial charge in [-0.3, -0.25) is 9.78 Å². The number of nitrogens with zero attached hydrogens (tertiary/aromatic N) is 2. The van der Waals surface area contributed by atoms with Crippen LogP contribution in [0.1, 0.15) is 25.5 Å². The molecule has 0 aliphatic carbocycles. The first-order valence-corrected chi connectivity index (χ1v) is 6.69. The summed E-state index contributed by atoms with van der Waals surface area (Å²) < 4.78 is 19.1. The van der Waals surface area contributed by atoms with Crippen LogP contribution in [0.25, 0.3) is 0 Å². The number of pyridine rings is 1. The Kier molecular flexibility index (Phi) is 4.85. The van der Waals surface area contributed by atoms with Gasteiger partial charge in [-0.2, -0.15) is 0 Å². The minimum Gasteiger partial charge on any atom is -0.376 e. The van der Waals surface area contributed by atoms with E-state index in [1.165, 1.54) is 18.3 Å². The summed E-state index contributed by atoms with van der Waals surface area (Å²) in [5, 5.41) is 0. The first-order valence-electron chi connectivity index (χ1n) is 6.69. The predicted molar refractivity (Wildman–Crippen MR) is 69.1 cm³/mol. The molecule has 0 spiro atoms. The Morgan fingerprint density at radius 3 is 3.21 bits per heavy atom. The van der Waals surface area contributed by atoms with Crippen LogP contribution in [0.3, 0.4) is 0 Å². The molecule has 2 rings (SSSR count). The van der Waals surface area contributed by atoms with Crippen molar-refractivity contribution < 1.29 is 13.9 Å². The SMILES string of the molecule is CC[C@H]1CN(C(=O)Cc2ncccc2F)CCCO1. The molecule has 4 nitrogen and oxygen atoms in total. The van der Waals surface area contributed by atoms with Gasteiger partial charge in [0.25, 0.3) is 0 Å². The first kappa shape index (κ1) is 13.9. The van der Waals surface area contributed by atoms with Crippen LogP contribution in [-0.2, 0) is 16.0 Å². The Morgan fingerprint density at radius 1 is 1.63 bits per heavy atom. The van der Waals surface area contributed by atoms with E-state index in [1.807, 2.05) is 6.92 Å². The monoisotopic (exact) mass is 266 g/mol. The summed E-state index contributed by atoms with van der Waals surface area (Å²) in [4.78, 5) is 17.9. The second-order valence-electron chi connectivity index (χ2n) is 4.70. The number of aromatic nitrogens is 1. The molecule has 1 saturated heterocycles. The quantitative estimate of drug-likeness (QED) is 0.837. The van der Waals surface area contributed by atoms with Gasteiger partial charge in [0.1, 0.15) is 5.82 Å². The highest BCUT2D eigenvalue weighted by Gasteiger charge is 2.22. The Balaban J connectivity index is 2.00. The van der Waals surface area contributed by atoms with E-state index in [2.05, 4.69) is 4.98 Å². The average Bonchev–Trinajstić information content (AvgIpc) is 2.66. The van der Waals surface area contributed by atoms with E-state index in [9.17, 15) is 9.18 Å². The Hall–Kier alpha value is -1.49. The third-order valence-electron chi connectivity index (χ3n) is 3.31. The maximum absolute atomic E-state index is 13.5. The van der Waals surface area contributed by atoms with E-state index in [0.717, 1.165) is 12.8 Å². The smallest absolute Gasteiger partial charge is 0.228 e. The lowest BCUT2D eigenvalue weighted by molar-refractivity contribution is -0.131. The molecule has 0 unspecified atom stereocenters. The van der Waals surface area contributed by atoms with Crippen molar-refractivity contribution in [2.45, 2.75) is 32.3 Å². The van der Waals surface area contributed by atoms with Gasteiger partial charge < -0.3 is 9.64 Å². The zero-order valence-electron chi connectivity index (χ0n) is 11.1. The molecule has 0 radical (unpaired) electrons. The molecule has 5 heteroatoms. The number of rotatable bonds is 3. The molecule has 0 N–H and O–H groups in total. The van der Waals surface area contributed by atoms with Crippen molar-refractivity contribution in [3.8, 4) is 0 Å². The number of carbonyl (C=O) groups excluding carboxylic acids is 1. The third-order valence-corrected chi connectivity index (χ3v) is 3.31. The molecule has 19 heavy (non-hydrogen) atoms. The molecule has 1 aromatic heterocycles. The number of halogens is 1. The topological polar surface area (TPSA) is 42.4 Å². The molecule has 1 fully saturated rings. The van der Waals surface area contributed by atoms with Crippen LogP contribution in [0, 0.1) is 5.82 Å². The van der Waals surface area contributed by atoms with Crippen molar-refractivity contribution in [1.82, 2.24) is 9.88 Å². The number of hydrogen-bond acceptors (Lipinski definition) is 3. The molecule has 1 aliphatic rings. The van der Waals surface area contributed by atoms with E-state index < -0.39 is 5.82 Å². The number of hydrogen-bond donors (Lipinski definition) is 0. The van der Waals surface area contributed by atoms with Crippen molar-refractivity contribution >= 4 is 5.91 Å². The van der Waals surface area contributed by atoms with E-state index >= 15 is 0 Å². The van der Waals surface area contributed by atoms with Crippen molar-refractivity contribution in [2.75, 3.05) is 19.7 Å². The molecular weight excluding hydrogens is 247 g/mol. The predicted octanol–water partition coefficient (Wildman–Crippen LogP) is 1.79. The van der Waals surface area contributed by atoms with Gasteiger partial charge >= 0.3 is 0 Å². The Bertz CT molecular complexity index is 439. The lowest BCUT2D eigenvalue weighted by Gasteiger charge is -2.23. The van der Waals surface area contributed by atoms with E-state index in [1.54, 1.807) is 4.90 Å². The van der Waals surface area contributed by atoms with E-state index in [4.69, 9.17) is 4.74 Å². The van der Waals surface area contributed by atoms with Gasteiger partial charge in [0.05, 0.1) is 18.2 Å². The summed E-state index contributed by atoms with van der Waals surface area (Å²) in [6.45, 7) is 3.98. The van der Waals surface area contributed by atoms with Crippen molar-refractivity contribution in [3.63, 3.8) is 0 Å². The van der Waals surface area contributed by atoms with Crippen molar-refractivity contribution in [1.29, 1.82) is 0 Å². The molecule has 0 saturated carbocycles. The minimum atomic E-state index is -0.422. The van der Waals surface area contributed by atoms with Crippen LogP contribution in [0.15, 0.2) is 18.3 Å². The van der Waals surface area contributed by atoms with Gasteiger partial charge in [-0.15, -0.1) is 0 Å². The molecule has 1 aliphatic heterocycles. The second-order valence-corrected chi connectivity index (χ2v) is 4.70. The highest BCUT2D eigenvalue weighted by atomic mass is 19.1. The molecule has 1 aromatic rings. The number of amides is 1. The Labute approximate surface area is 112 Å². The Morgan fingerprint density at radius 2 is 2.47 bits per heavy atom. The summed E-state index contributed by atoms with van der Waals surface area (Å²) in [6, 6.07) is 2.85. The van der Waals surface area contributed by atoms with Gasteiger partial charge in [-0.05, 0) is 25.0 Å². The molecule has 1 amide bonds. The van der Waals surface area contributed by atoms with Crippen LogP contribution in [0.5, 0.6) is 0 Å². The number of carbonyl (C=O) groups is 1. The molecule has 2 heterocycles. The standard InChI is InChI=1S/C14H19FN2O2/c1-2-11-10-17(7-4-8-19-11)14(18)9-13-12(15)5-3-6-16-13/h3,5-6,11H,2,4,7-10H2,1H3/t11-/m0/s1. The fourth-order valence-corrected chi connectivity index (χ4v) is 2.17. The highest BCUT2D eigenvalue weighted by molar-refractivity contribution is 5.78. The molecule has 0 bridgehead atoms. The van der Waals surface area contributed by atoms with Crippen LogP contribution < -0.4 is 0 Å². The van der Waals surface area contributed by atoms with Crippen molar-refractivity contribution in [3.05, 3.63) is 29.8 Å². The maximum Gasteiger partial charge on any atom is 0.228 e. The largest absolute Gasteiger partial charge is 0.376 e. The third kappa shape index (κ3) is 3.73. The fourth-order valence-electron chi connectivity index (χ4n) is 2.17. The van der Waals surface area contributed by atoms with Gasteiger partial charge in [-0.25, -0.2) is 4.39 Å². The summed E-state index contributed by atoms with van der Waals surface area (Å²) in [5.74, 6) is -0.504. The van der Waals surface area contributed by atoms with Gasteiger partial charge in [0.15, 0.2) is 0 Å². The summed E-state index contributed by atoms with van der Waals surface area (Å²) >= 11 is 0. The summed E-state index contributed by atoms with van der Waals surface area (Å²) in [6.07, 6.45) is 3.31. The van der Waals surface area contributed by atoms with Gasteiger partial charge in [-0.1, -0.05) is 6.92 Å². The van der Waals surface area contributed by atoms with Crippen LogP contribution >= 0.6 is 0 Å². The zero-order chi connectivity index (χ0) is 13.7. The first-order chi connectivity index (χ1) is 9.20. The molecule has 104 valence electrons. The summed E-state index contributed by atoms with van der Waals surface area (Å²) in [5.41, 5.74) is 0.214. The average molecular weight is 266 g/mol. The highest BCUT2D eigenvalue weighted by Crippen LogP contribution is 2.11. The zero-order valence-corrected chi connectivity index (χ0v) is 11.1. The molecular formula is C14H19FN2O2. The van der Waals surface area contributed by atoms with Crippen molar-refractivity contribution in [2.24, 2.45) is 0 Å². The van der Waals surface area contributed by atoms with E-state index in [0.29, 0.717) is 19.7 Å². The number of ether oxygens (including phenoxy) is 1. The van der Waals surface area contributed by atoms with Crippen LogP contribution in [-0.4, -0.2) is 41.6 Å². The van der Waals surface area contributed by atoms with Crippen LogP contribution in [0.4, 0.5) is 4.39 Å². The van der Waals surface area contributed by atoms with E-state index in [-0.39, 0.29) is 24.1 Å². The van der Waals surface area contributed by atoms with Crippen LogP contribution in [0.2, 0.25) is 0 Å². The van der Waals surface area contributed by atoms with Gasteiger partial charge in [0.2, 0.25) is 5.91 Å². The lowest BCUT2D eigenvalue weighted by atomic mass is 10.2. The maximum atomic E-state index is 13.5.